The molecule has 0 atom stereocenters. The van der Waals surface area contributed by atoms with Crippen LogP contribution in [0.4, 0.5) is 20.2 Å². The predicted molar refractivity (Wildman–Crippen MR) is 166 cm³/mol. The number of carbonyl (C=O) groups is 1. The van der Waals surface area contributed by atoms with Crippen LogP contribution in [0.5, 0.6) is 5.75 Å². The molecule has 0 saturated carbocycles. The molecule has 0 radical (unpaired) electrons. The van der Waals surface area contributed by atoms with Gasteiger partial charge in [0.25, 0.3) is 0 Å². The number of benzene rings is 5. The Morgan fingerprint density at radius 1 is 0.619 bits per heavy atom. The Balaban J connectivity index is 1.47. The van der Waals surface area contributed by atoms with Gasteiger partial charge in [-0.25, -0.2) is 13.6 Å². The lowest BCUT2D eigenvalue weighted by Gasteiger charge is -2.23. The number of rotatable bonds is 9. The number of hydrogen-bond acceptors (Lipinski definition) is 3. The van der Waals surface area contributed by atoms with Gasteiger partial charge in [0, 0.05) is 29.2 Å². The smallest absolute Gasteiger partial charge is 0.335 e. The monoisotopic (exact) mass is 555 g/mol. The van der Waals surface area contributed by atoms with Crippen LogP contribution >= 0.6 is 0 Å². The van der Waals surface area contributed by atoms with Crippen LogP contribution in [0.2, 0.25) is 0 Å². The van der Waals surface area contributed by atoms with Crippen molar-refractivity contribution in [1.29, 1.82) is 0 Å². The standard InChI is InChI=1S/C37H27F2NO2/c1-2-37(41)42-35-24-12-28(13-25-35)9-8-27-10-22-34(23-11-27)40(33-6-4-3-5-7-33)26-36(29-14-18-31(38)19-15-29)30-16-20-32(39)21-17-30/h2-26H,1H2. The summed E-state index contributed by atoms with van der Waals surface area (Å²) in [4.78, 5) is 13.4. The van der Waals surface area contributed by atoms with Crippen LogP contribution in [0.1, 0.15) is 22.3 Å². The Bertz CT molecular complexity index is 1660. The third-order valence-corrected chi connectivity index (χ3v) is 6.51. The van der Waals surface area contributed by atoms with E-state index in [0.717, 1.165) is 45.3 Å². The van der Waals surface area contributed by atoms with Crippen molar-refractivity contribution in [3.8, 4) is 5.75 Å². The topological polar surface area (TPSA) is 29.5 Å². The number of hydrogen-bond donors (Lipinski definition) is 0. The molecule has 0 N–H and O–H groups in total. The van der Waals surface area contributed by atoms with E-state index in [1.165, 1.54) is 24.3 Å². The largest absolute Gasteiger partial charge is 0.423 e. The van der Waals surface area contributed by atoms with Crippen molar-refractivity contribution in [2.24, 2.45) is 0 Å². The van der Waals surface area contributed by atoms with Gasteiger partial charge in [0.2, 0.25) is 0 Å². The number of para-hydroxylation sites is 1. The fraction of sp³-hybridized carbons (Fsp3) is 0. The molecule has 0 spiro atoms. The Hall–Kier alpha value is -5.55. The van der Waals surface area contributed by atoms with Gasteiger partial charge in [0.15, 0.2) is 0 Å². The Morgan fingerprint density at radius 2 is 1.10 bits per heavy atom. The quantitative estimate of drug-likeness (QED) is 0.0785. The van der Waals surface area contributed by atoms with Crippen molar-refractivity contribution in [2.75, 3.05) is 4.90 Å². The van der Waals surface area contributed by atoms with Gasteiger partial charge in [-0.3, -0.25) is 0 Å². The molecule has 5 aromatic rings. The number of nitrogens with zero attached hydrogens (tertiary/aromatic N) is 1. The number of halogens is 2. The van der Waals surface area contributed by atoms with E-state index in [1.54, 1.807) is 36.4 Å². The first kappa shape index (κ1) is 28.0. The minimum atomic E-state index is -0.500. The van der Waals surface area contributed by atoms with Gasteiger partial charge in [0.1, 0.15) is 17.4 Å². The second-order valence-electron chi connectivity index (χ2n) is 9.38. The van der Waals surface area contributed by atoms with Gasteiger partial charge in [-0.15, -0.1) is 0 Å². The lowest BCUT2D eigenvalue weighted by atomic mass is 9.98. The molecule has 42 heavy (non-hydrogen) atoms. The molecule has 0 aromatic heterocycles. The Kier molecular flexibility index (Phi) is 8.80. The summed E-state index contributed by atoms with van der Waals surface area (Å²) in [7, 11) is 0. The molecule has 0 aliphatic rings. The van der Waals surface area contributed by atoms with Crippen molar-refractivity contribution in [2.45, 2.75) is 0 Å². The maximum Gasteiger partial charge on any atom is 0.335 e. The molecule has 0 aliphatic carbocycles. The maximum absolute atomic E-state index is 13.8. The summed E-state index contributed by atoms with van der Waals surface area (Å²) in [6.07, 6.45) is 7.09. The van der Waals surface area contributed by atoms with Crippen LogP contribution < -0.4 is 9.64 Å². The van der Waals surface area contributed by atoms with Crippen molar-refractivity contribution in [3.05, 3.63) is 180 Å². The lowest BCUT2D eigenvalue weighted by molar-refractivity contribution is -0.128. The normalized spacial score (nSPS) is 10.7. The van der Waals surface area contributed by atoms with Gasteiger partial charge in [-0.1, -0.05) is 85.5 Å². The summed E-state index contributed by atoms with van der Waals surface area (Å²) in [6.45, 7) is 3.40. The van der Waals surface area contributed by atoms with Crippen molar-refractivity contribution in [3.63, 3.8) is 0 Å². The van der Waals surface area contributed by atoms with E-state index in [4.69, 9.17) is 4.74 Å². The third-order valence-electron chi connectivity index (χ3n) is 6.51. The number of anilines is 2. The number of carbonyl (C=O) groups excluding carboxylic acids is 1. The summed E-state index contributed by atoms with van der Waals surface area (Å²) in [5, 5.41) is 0. The first-order chi connectivity index (χ1) is 20.5. The van der Waals surface area contributed by atoms with E-state index in [2.05, 4.69) is 11.5 Å². The SMILES string of the molecule is C=CC(=O)Oc1ccc(C=Cc2ccc(N(C=C(c3ccc(F)cc3)c3ccc(F)cc3)c3ccccc3)cc2)cc1. The first-order valence-corrected chi connectivity index (χ1v) is 13.3. The van der Waals surface area contributed by atoms with Crippen molar-refractivity contribution < 1.29 is 18.3 Å². The molecule has 5 heteroatoms. The van der Waals surface area contributed by atoms with E-state index >= 15 is 0 Å². The maximum atomic E-state index is 13.8. The summed E-state index contributed by atoms with van der Waals surface area (Å²) in [6, 6.07) is 37.7. The van der Waals surface area contributed by atoms with Crippen LogP contribution in [-0.2, 0) is 4.79 Å². The highest BCUT2D eigenvalue weighted by Crippen LogP contribution is 2.32. The van der Waals surface area contributed by atoms with Gasteiger partial charge in [0.05, 0.1) is 0 Å². The highest BCUT2D eigenvalue weighted by molar-refractivity contribution is 5.84. The fourth-order valence-electron chi connectivity index (χ4n) is 4.33. The van der Waals surface area contributed by atoms with E-state index in [0.29, 0.717) is 5.75 Å². The molecule has 0 fully saturated rings. The zero-order valence-electron chi connectivity index (χ0n) is 22.7. The highest BCUT2D eigenvalue weighted by atomic mass is 19.1. The molecule has 0 amide bonds. The zero-order chi connectivity index (χ0) is 29.3. The minimum absolute atomic E-state index is 0.326. The van der Waals surface area contributed by atoms with E-state index in [-0.39, 0.29) is 11.6 Å². The molecular weight excluding hydrogens is 528 g/mol. The molecule has 0 saturated heterocycles. The molecule has 0 bridgehead atoms. The van der Waals surface area contributed by atoms with Crippen LogP contribution in [0, 0.1) is 11.6 Å². The van der Waals surface area contributed by atoms with Gasteiger partial charge in [-0.05, 0) is 82.9 Å². The second kappa shape index (κ2) is 13.2. The highest BCUT2D eigenvalue weighted by Gasteiger charge is 2.13. The first-order valence-electron chi connectivity index (χ1n) is 13.3. The second-order valence-corrected chi connectivity index (χ2v) is 9.38. The summed E-state index contributed by atoms with van der Waals surface area (Å²) in [5.74, 6) is -0.697. The third kappa shape index (κ3) is 7.14. The van der Waals surface area contributed by atoms with Crippen LogP contribution in [0.25, 0.3) is 17.7 Å². The zero-order valence-corrected chi connectivity index (χ0v) is 22.7. The van der Waals surface area contributed by atoms with Crippen molar-refractivity contribution in [1.82, 2.24) is 0 Å². The van der Waals surface area contributed by atoms with E-state index in [9.17, 15) is 13.6 Å². The van der Waals surface area contributed by atoms with Gasteiger partial charge in [-0.2, -0.15) is 0 Å². The molecule has 3 nitrogen and oxygen atoms in total. The molecular formula is C37H27F2NO2. The Morgan fingerprint density at radius 3 is 1.60 bits per heavy atom. The summed E-state index contributed by atoms with van der Waals surface area (Å²) >= 11 is 0. The van der Waals surface area contributed by atoms with Gasteiger partial charge < -0.3 is 9.64 Å². The average Bonchev–Trinajstić information content (AvgIpc) is 3.03. The summed E-state index contributed by atoms with van der Waals surface area (Å²) in [5.41, 5.74) is 6.20. The van der Waals surface area contributed by atoms with Crippen LogP contribution in [0.3, 0.4) is 0 Å². The Labute approximate surface area is 244 Å². The average molecular weight is 556 g/mol. The van der Waals surface area contributed by atoms with Gasteiger partial charge >= 0.3 is 5.97 Å². The van der Waals surface area contributed by atoms with E-state index < -0.39 is 5.97 Å². The molecule has 5 rings (SSSR count). The molecule has 0 unspecified atom stereocenters. The molecule has 206 valence electrons. The van der Waals surface area contributed by atoms with Crippen LogP contribution in [0.15, 0.2) is 146 Å². The fourth-order valence-corrected chi connectivity index (χ4v) is 4.33. The van der Waals surface area contributed by atoms with E-state index in [1.807, 2.05) is 85.1 Å². The molecule has 0 heterocycles. The molecule has 5 aromatic carbocycles. The van der Waals surface area contributed by atoms with Crippen LogP contribution in [-0.4, -0.2) is 5.97 Å². The minimum Gasteiger partial charge on any atom is -0.423 e. The number of esters is 1. The van der Waals surface area contributed by atoms with Crippen molar-refractivity contribution >= 4 is 35.1 Å². The molecule has 0 aliphatic heterocycles. The predicted octanol–water partition coefficient (Wildman–Crippen LogP) is 9.45. The lowest BCUT2D eigenvalue weighted by Crippen LogP contribution is -2.10. The number of ether oxygens (including phenoxy) is 1. The summed E-state index contributed by atoms with van der Waals surface area (Å²) < 4.78 is 32.7.